The molecule has 192 valence electrons. The van der Waals surface area contributed by atoms with Crippen LogP contribution >= 0.6 is 0 Å². The smallest absolute Gasteiger partial charge is 0.261 e. The number of aryl methyl sites for hydroxylation is 1. The number of nitrogens with one attached hydrogen (secondary N) is 3. The van der Waals surface area contributed by atoms with E-state index in [4.69, 9.17) is 0 Å². The number of anilines is 1. The molecule has 1 aliphatic heterocycles. The van der Waals surface area contributed by atoms with Crippen LogP contribution in [0.4, 0.5) is 10.1 Å². The van der Waals surface area contributed by atoms with Crippen molar-refractivity contribution in [3.63, 3.8) is 0 Å². The van der Waals surface area contributed by atoms with E-state index in [1.54, 1.807) is 24.4 Å². The van der Waals surface area contributed by atoms with Crippen LogP contribution < -0.4 is 10.9 Å². The minimum atomic E-state index is -0.281. The maximum Gasteiger partial charge on any atom is 0.261 e. The molecule has 0 bridgehead atoms. The van der Waals surface area contributed by atoms with E-state index < -0.39 is 0 Å². The molecule has 1 amide bonds. The van der Waals surface area contributed by atoms with E-state index >= 15 is 0 Å². The fraction of sp³-hybridized carbons (Fsp3) is 0.321. The van der Waals surface area contributed by atoms with Crippen LogP contribution in [0.3, 0.4) is 0 Å². The van der Waals surface area contributed by atoms with Gasteiger partial charge >= 0.3 is 0 Å². The third kappa shape index (κ3) is 4.99. The van der Waals surface area contributed by atoms with E-state index in [2.05, 4.69) is 25.2 Å². The van der Waals surface area contributed by atoms with Gasteiger partial charge in [0.05, 0.1) is 16.7 Å². The van der Waals surface area contributed by atoms with E-state index in [1.807, 2.05) is 45.0 Å². The number of carbonyl (C=O) groups is 1. The predicted molar refractivity (Wildman–Crippen MR) is 143 cm³/mol. The number of carbonyl (C=O) groups excluding carboxylic acids is 1. The molecule has 8 nitrogen and oxygen atoms in total. The number of nitrogens with zero attached hydrogens (tertiary/aromatic N) is 3. The maximum atomic E-state index is 13.8. The van der Waals surface area contributed by atoms with Crippen LogP contribution in [-0.4, -0.2) is 63.9 Å². The van der Waals surface area contributed by atoms with Crippen molar-refractivity contribution in [1.29, 1.82) is 0 Å². The number of likely N-dealkylation sites (N-methyl/N-ethyl adjacent to an activating group) is 1. The summed E-state index contributed by atoms with van der Waals surface area (Å²) in [6.07, 6.45) is 2.18. The molecule has 3 N–H and O–H groups in total. The Morgan fingerprint density at radius 1 is 1.19 bits per heavy atom. The zero-order valence-corrected chi connectivity index (χ0v) is 21.5. The molecule has 0 aliphatic carbocycles. The minimum Gasteiger partial charge on any atom is -0.381 e. The van der Waals surface area contributed by atoms with Crippen LogP contribution in [0.5, 0.6) is 0 Å². The average Bonchev–Trinajstić information content (AvgIpc) is 3.38. The van der Waals surface area contributed by atoms with Gasteiger partial charge in [0.15, 0.2) is 0 Å². The van der Waals surface area contributed by atoms with Crippen molar-refractivity contribution in [3.05, 3.63) is 81.0 Å². The van der Waals surface area contributed by atoms with Crippen molar-refractivity contribution in [3.8, 4) is 11.4 Å². The molecule has 3 heterocycles. The van der Waals surface area contributed by atoms with Gasteiger partial charge in [-0.1, -0.05) is 6.07 Å². The number of aromatic amines is 2. The Morgan fingerprint density at radius 3 is 2.78 bits per heavy atom. The molecule has 0 fully saturated rings. The van der Waals surface area contributed by atoms with Crippen molar-refractivity contribution in [2.24, 2.45) is 0 Å². The Bertz CT molecular complexity index is 1540. The Kier molecular flexibility index (Phi) is 6.55. The van der Waals surface area contributed by atoms with Crippen LogP contribution in [0.25, 0.3) is 22.4 Å². The number of fused-ring (bicyclic) bond motifs is 2. The molecule has 2 aromatic heterocycles. The monoisotopic (exact) mass is 502 g/mol. The second-order valence-electron chi connectivity index (χ2n) is 10.1. The fourth-order valence-electron chi connectivity index (χ4n) is 4.84. The first-order chi connectivity index (χ1) is 17.7. The summed E-state index contributed by atoms with van der Waals surface area (Å²) in [5, 5.41) is 3.40. The highest BCUT2D eigenvalue weighted by atomic mass is 19.1. The number of aromatic nitrogens is 3. The molecule has 4 aromatic rings. The van der Waals surface area contributed by atoms with Crippen LogP contribution in [0.15, 0.2) is 47.4 Å². The Hall–Kier alpha value is -3.98. The van der Waals surface area contributed by atoms with Gasteiger partial charge < -0.3 is 25.1 Å². The molecule has 9 heteroatoms. The SMILES string of the molecule is Cc1ccc(F)cc1C[C@H](C)Nc1cc[nH]c(=O)c1-c1nc2cc3c(cc2[nH]1)CN(CCN(C)C)C3=O. The Labute approximate surface area is 214 Å². The highest BCUT2D eigenvalue weighted by Crippen LogP contribution is 2.30. The summed E-state index contributed by atoms with van der Waals surface area (Å²) < 4.78 is 13.8. The lowest BCUT2D eigenvalue weighted by atomic mass is 10.0. The van der Waals surface area contributed by atoms with Crippen molar-refractivity contribution >= 4 is 22.6 Å². The molecule has 0 saturated heterocycles. The summed E-state index contributed by atoms with van der Waals surface area (Å²) in [7, 11) is 3.97. The molecule has 0 saturated carbocycles. The third-order valence-electron chi connectivity index (χ3n) is 6.84. The van der Waals surface area contributed by atoms with Gasteiger partial charge in [0.2, 0.25) is 0 Å². The first-order valence-electron chi connectivity index (χ1n) is 12.4. The molecule has 0 spiro atoms. The molecule has 0 unspecified atom stereocenters. The van der Waals surface area contributed by atoms with Crippen LogP contribution in [0.2, 0.25) is 0 Å². The molecule has 1 atom stereocenters. The fourth-order valence-corrected chi connectivity index (χ4v) is 4.84. The number of hydrogen-bond acceptors (Lipinski definition) is 5. The summed E-state index contributed by atoms with van der Waals surface area (Å²) >= 11 is 0. The average molecular weight is 503 g/mol. The number of rotatable bonds is 8. The number of pyridine rings is 1. The number of hydrogen-bond donors (Lipinski definition) is 3. The predicted octanol–water partition coefficient (Wildman–Crippen LogP) is 3.93. The lowest BCUT2D eigenvalue weighted by Crippen LogP contribution is -2.31. The number of imidazole rings is 1. The Morgan fingerprint density at radius 2 is 2.00 bits per heavy atom. The zero-order valence-electron chi connectivity index (χ0n) is 21.5. The topological polar surface area (TPSA) is 97.1 Å². The number of amides is 1. The van der Waals surface area contributed by atoms with Crippen molar-refractivity contribution in [2.45, 2.75) is 32.9 Å². The van der Waals surface area contributed by atoms with E-state index in [9.17, 15) is 14.0 Å². The molecular formula is C28H31FN6O2. The van der Waals surface area contributed by atoms with Gasteiger partial charge in [0.25, 0.3) is 11.5 Å². The largest absolute Gasteiger partial charge is 0.381 e. The van der Waals surface area contributed by atoms with Crippen molar-refractivity contribution in [1.82, 2.24) is 24.8 Å². The van der Waals surface area contributed by atoms with E-state index in [0.29, 0.717) is 47.7 Å². The van der Waals surface area contributed by atoms with Gasteiger partial charge in [0.1, 0.15) is 17.2 Å². The molecule has 5 rings (SSSR count). The molecular weight excluding hydrogens is 471 g/mol. The highest BCUT2D eigenvalue weighted by molar-refractivity contribution is 6.02. The minimum absolute atomic E-state index is 0.00433. The van der Waals surface area contributed by atoms with Crippen molar-refractivity contribution < 1.29 is 9.18 Å². The molecule has 37 heavy (non-hydrogen) atoms. The number of H-pyrrole nitrogens is 2. The van der Waals surface area contributed by atoms with E-state index in [-0.39, 0.29) is 23.3 Å². The van der Waals surface area contributed by atoms with E-state index in [1.165, 1.54) is 6.07 Å². The summed E-state index contributed by atoms with van der Waals surface area (Å²) in [6, 6.07) is 10.3. The Balaban J connectivity index is 1.42. The van der Waals surface area contributed by atoms with Crippen molar-refractivity contribution in [2.75, 3.05) is 32.5 Å². The summed E-state index contributed by atoms with van der Waals surface area (Å²) in [6.45, 7) is 5.96. The quantitative estimate of drug-likeness (QED) is 0.339. The van der Waals surface area contributed by atoms with Gasteiger partial charge in [-0.2, -0.15) is 0 Å². The van der Waals surface area contributed by atoms with Gasteiger partial charge in [-0.05, 0) is 81.4 Å². The van der Waals surface area contributed by atoms with Gasteiger partial charge in [-0.25, -0.2) is 9.37 Å². The standard InChI is InChI=1S/C28H31FN6O2/c1-16-5-6-20(29)12-18(16)11-17(2)31-22-7-8-30-27(36)25(22)26-32-23-13-19-15-35(10-9-34(3)4)28(37)21(19)14-24(23)33-26/h5-8,12-14,17H,9-11,15H2,1-4H3,(H,32,33)(H2,30,31,36)/t17-/m0/s1. The second-order valence-corrected chi connectivity index (χ2v) is 10.1. The van der Waals surface area contributed by atoms with Gasteiger partial charge in [-0.3, -0.25) is 9.59 Å². The zero-order chi connectivity index (χ0) is 26.3. The second kappa shape index (κ2) is 9.82. The van der Waals surface area contributed by atoms with Gasteiger partial charge in [0, 0.05) is 37.4 Å². The highest BCUT2D eigenvalue weighted by Gasteiger charge is 2.28. The molecule has 1 aliphatic rings. The lowest BCUT2D eigenvalue weighted by molar-refractivity contribution is 0.0768. The maximum absolute atomic E-state index is 13.8. The normalized spacial score (nSPS) is 14.0. The number of benzene rings is 2. The van der Waals surface area contributed by atoms with Crippen LogP contribution in [0.1, 0.15) is 34.0 Å². The number of halogens is 1. The lowest BCUT2D eigenvalue weighted by Gasteiger charge is -2.18. The van der Waals surface area contributed by atoms with E-state index in [0.717, 1.165) is 28.8 Å². The van der Waals surface area contributed by atoms with Gasteiger partial charge in [-0.15, -0.1) is 0 Å². The summed E-state index contributed by atoms with van der Waals surface area (Å²) in [4.78, 5) is 40.4. The third-order valence-corrected chi connectivity index (χ3v) is 6.84. The van der Waals surface area contributed by atoms with Crippen LogP contribution in [0, 0.1) is 12.7 Å². The first-order valence-corrected chi connectivity index (χ1v) is 12.4. The van der Waals surface area contributed by atoms with Crippen LogP contribution in [-0.2, 0) is 13.0 Å². The summed E-state index contributed by atoms with van der Waals surface area (Å²) in [5.41, 5.74) is 5.67. The summed E-state index contributed by atoms with van der Waals surface area (Å²) in [5.74, 6) is 0.164. The molecule has 2 aromatic carbocycles. The first kappa shape index (κ1) is 24.7. The molecule has 0 radical (unpaired) electrons.